The number of methoxy groups -OCH3 is 1. The average molecular weight is 479 g/mol. The Kier molecular flexibility index (Phi) is 6.34. The van der Waals surface area contributed by atoms with E-state index in [1.807, 2.05) is 43.3 Å². The minimum Gasteiger partial charge on any atom is -0.497 e. The molecular formula is C26H26N2O5S. The highest BCUT2D eigenvalue weighted by Gasteiger charge is 2.26. The van der Waals surface area contributed by atoms with Crippen LogP contribution in [0, 0.1) is 6.92 Å². The van der Waals surface area contributed by atoms with Crippen molar-refractivity contribution in [3.8, 4) is 5.75 Å². The number of thiazole rings is 1. The molecule has 2 aromatic heterocycles. The van der Waals surface area contributed by atoms with E-state index in [1.54, 1.807) is 18.1 Å². The van der Waals surface area contributed by atoms with Crippen molar-refractivity contribution in [2.24, 2.45) is 0 Å². The van der Waals surface area contributed by atoms with Crippen molar-refractivity contribution < 1.29 is 18.7 Å². The van der Waals surface area contributed by atoms with Crippen LogP contribution in [0.4, 0.5) is 5.13 Å². The summed E-state index contributed by atoms with van der Waals surface area (Å²) in [6.07, 6.45) is 2.39. The molecule has 0 saturated carbocycles. The zero-order valence-corrected chi connectivity index (χ0v) is 20.0. The predicted octanol–water partition coefficient (Wildman–Crippen LogP) is 4.86. The summed E-state index contributed by atoms with van der Waals surface area (Å²) in [7, 11) is 1.57. The molecule has 4 aromatic rings. The van der Waals surface area contributed by atoms with E-state index < -0.39 is 5.63 Å². The summed E-state index contributed by atoms with van der Waals surface area (Å²) >= 11 is 1.50. The van der Waals surface area contributed by atoms with E-state index in [0.29, 0.717) is 41.6 Å². The van der Waals surface area contributed by atoms with E-state index in [2.05, 4.69) is 0 Å². The van der Waals surface area contributed by atoms with Crippen molar-refractivity contribution in [1.29, 1.82) is 0 Å². The largest absolute Gasteiger partial charge is 0.497 e. The molecule has 2 aromatic carbocycles. The van der Waals surface area contributed by atoms with E-state index in [0.717, 1.165) is 34.0 Å². The number of para-hydroxylation sites is 1. The Morgan fingerprint density at radius 3 is 2.88 bits per heavy atom. The normalized spacial score (nSPS) is 15.8. The zero-order chi connectivity index (χ0) is 23.7. The van der Waals surface area contributed by atoms with Crippen molar-refractivity contribution in [2.45, 2.75) is 38.7 Å². The zero-order valence-electron chi connectivity index (χ0n) is 19.2. The van der Waals surface area contributed by atoms with Gasteiger partial charge in [-0.3, -0.25) is 9.69 Å². The lowest BCUT2D eigenvalue weighted by Crippen LogP contribution is -2.37. The second-order valence-electron chi connectivity index (χ2n) is 8.46. The smallest absolute Gasteiger partial charge is 0.339 e. The van der Waals surface area contributed by atoms with Gasteiger partial charge in [-0.1, -0.05) is 23.5 Å². The molecule has 176 valence electrons. The van der Waals surface area contributed by atoms with E-state index in [9.17, 15) is 9.59 Å². The molecule has 1 fully saturated rings. The van der Waals surface area contributed by atoms with Crippen LogP contribution in [0.15, 0.2) is 51.7 Å². The van der Waals surface area contributed by atoms with E-state index in [4.69, 9.17) is 18.9 Å². The van der Waals surface area contributed by atoms with Crippen LogP contribution in [0.5, 0.6) is 5.75 Å². The molecule has 3 heterocycles. The molecule has 1 aliphatic rings. The minimum atomic E-state index is -0.420. The Morgan fingerprint density at radius 2 is 2.12 bits per heavy atom. The minimum absolute atomic E-state index is 0.00147. The van der Waals surface area contributed by atoms with Crippen LogP contribution in [-0.4, -0.2) is 37.3 Å². The third-order valence-electron chi connectivity index (χ3n) is 6.31. The number of aromatic nitrogens is 1. The number of hydrogen-bond donors (Lipinski definition) is 0. The molecule has 7 nitrogen and oxygen atoms in total. The number of rotatable bonds is 7. The van der Waals surface area contributed by atoms with Gasteiger partial charge in [0.1, 0.15) is 11.3 Å². The summed E-state index contributed by atoms with van der Waals surface area (Å²) in [5.74, 6) is 0.543. The summed E-state index contributed by atoms with van der Waals surface area (Å²) in [6.45, 7) is 3.07. The summed E-state index contributed by atoms with van der Waals surface area (Å²) < 4.78 is 17.6. The van der Waals surface area contributed by atoms with E-state index in [1.165, 1.54) is 11.3 Å². The van der Waals surface area contributed by atoms with E-state index in [-0.39, 0.29) is 18.4 Å². The third-order valence-corrected chi connectivity index (χ3v) is 7.37. The fourth-order valence-corrected chi connectivity index (χ4v) is 5.40. The molecule has 0 spiro atoms. The second-order valence-corrected chi connectivity index (χ2v) is 9.47. The molecule has 1 aliphatic heterocycles. The highest BCUT2D eigenvalue weighted by Crippen LogP contribution is 2.31. The van der Waals surface area contributed by atoms with Crippen LogP contribution in [0.25, 0.3) is 21.2 Å². The molecule has 0 radical (unpaired) electrons. The van der Waals surface area contributed by atoms with Crippen LogP contribution >= 0.6 is 11.3 Å². The van der Waals surface area contributed by atoms with Gasteiger partial charge in [0.25, 0.3) is 0 Å². The Bertz CT molecular complexity index is 1370. The molecule has 1 amide bonds. The molecule has 1 saturated heterocycles. The maximum absolute atomic E-state index is 13.4. The fourth-order valence-electron chi connectivity index (χ4n) is 4.41. The summed E-state index contributed by atoms with van der Waals surface area (Å²) in [5.41, 5.74) is 2.27. The standard InChI is InChI=1S/C26H26N2O5S/c1-16-19-10-9-17(31-2)14-22(19)33-25(30)20(16)11-12-24(29)28(15-18-6-5-13-32-18)26-27-21-7-3-4-8-23(21)34-26/h3-4,7-10,14,18H,5-6,11-13,15H2,1-2H3. The molecule has 1 atom stereocenters. The van der Waals surface area contributed by atoms with Crippen LogP contribution in [0.1, 0.15) is 30.4 Å². The number of aryl methyl sites for hydroxylation is 1. The summed E-state index contributed by atoms with van der Waals surface area (Å²) in [6, 6.07) is 13.3. The van der Waals surface area contributed by atoms with Crippen molar-refractivity contribution in [1.82, 2.24) is 4.98 Å². The summed E-state index contributed by atoms with van der Waals surface area (Å²) in [4.78, 5) is 32.6. The Labute approximate surface area is 200 Å². The van der Waals surface area contributed by atoms with Gasteiger partial charge in [-0.15, -0.1) is 0 Å². The van der Waals surface area contributed by atoms with Gasteiger partial charge in [0.2, 0.25) is 5.91 Å². The monoisotopic (exact) mass is 478 g/mol. The Morgan fingerprint density at radius 1 is 1.26 bits per heavy atom. The lowest BCUT2D eigenvalue weighted by Gasteiger charge is -2.23. The maximum atomic E-state index is 13.4. The molecule has 5 rings (SSSR count). The van der Waals surface area contributed by atoms with Crippen molar-refractivity contribution in [3.63, 3.8) is 0 Å². The highest BCUT2D eigenvalue weighted by molar-refractivity contribution is 7.22. The molecule has 0 bridgehead atoms. The number of anilines is 1. The van der Waals surface area contributed by atoms with Gasteiger partial charge in [0.15, 0.2) is 5.13 Å². The number of ether oxygens (including phenoxy) is 2. The summed E-state index contributed by atoms with van der Waals surface area (Å²) in [5, 5.41) is 1.50. The van der Waals surface area contributed by atoms with Crippen LogP contribution in [0.2, 0.25) is 0 Å². The number of carbonyl (C=O) groups is 1. The third kappa shape index (κ3) is 4.43. The maximum Gasteiger partial charge on any atom is 0.339 e. The topological polar surface area (TPSA) is 81.9 Å². The number of nitrogens with zero attached hydrogens (tertiary/aromatic N) is 2. The van der Waals surface area contributed by atoms with Crippen LogP contribution in [0.3, 0.4) is 0 Å². The lowest BCUT2D eigenvalue weighted by atomic mass is 10.0. The quantitative estimate of drug-likeness (QED) is 0.353. The number of benzene rings is 2. The number of fused-ring (bicyclic) bond motifs is 2. The van der Waals surface area contributed by atoms with Crippen molar-refractivity contribution in [3.05, 3.63) is 64.0 Å². The molecule has 8 heteroatoms. The van der Waals surface area contributed by atoms with Gasteiger partial charge in [-0.25, -0.2) is 9.78 Å². The molecule has 1 unspecified atom stereocenters. The first-order chi connectivity index (χ1) is 16.5. The fraction of sp³-hybridized carbons (Fsp3) is 0.346. The van der Waals surface area contributed by atoms with Gasteiger partial charge in [-0.05, 0) is 56.0 Å². The highest BCUT2D eigenvalue weighted by atomic mass is 32.1. The first kappa shape index (κ1) is 22.6. The first-order valence-electron chi connectivity index (χ1n) is 11.4. The van der Waals surface area contributed by atoms with Crippen LogP contribution in [-0.2, 0) is 16.0 Å². The lowest BCUT2D eigenvalue weighted by molar-refractivity contribution is -0.119. The number of hydrogen-bond acceptors (Lipinski definition) is 7. The number of amides is 1. The van der Waals surface area contributed by atoms with Crippen molar-refractivity contribution in [2.75, 3.05) is 25.2 Å². The Balaban J connectivity index is 1.41. The van der Waals surface area contributed by atoms with Gasteiger partial charge in [-0.2, -0.15) is 0 Å². The van der Waals surface area contributed by atoms with Crippen molar-refractivity contribution >= 4 is 43.6 Å². The second kappa shape index (κ2) is 9.56. The van der Waals surface area contributed by atoms with E-state index >= 15 is 0 Å². The van der Waals surface area contributed by atoms with Gasteiger partial charge < -0.3 is 13.9 Å². The number of carbonyl (C=O) groups excluding carboxylic acids is 1. The molecule has 0 aliphatic carbocycles. The average Bonchev–Trinajstić information content (AvgIpc) is 3.51. The first-order valence-corrected chi connectivity index (χ1v) is 12.2. The Hall–Kier alpha value is -3.23. The molecular weight excluding hydrogens is 452 g/mol. The predicted molar refractivity (Wildman–Crippen MR) is 133 cm³/mol. The molecule has 0 N–H and O–H groups in total. The van der Waals surface area contributed by atoms with Gasteiger partial charge in [0.05, 0.1) is 30.0 Å². The SMILES string of the molecule is COc1ccc2c(C)c(CCC(=O)N(CC3CCCO3)c3nc4ccccc4s3)c(=O)oc2c1. The molecule has 34 heavy (non-hydrogen) atoms. The van der Waals surface area contributed by atoms with Gasteiger partial charge >= 0.3 is 5.63 Å². The van der Waals surface area contributed by atoms with Crippen LogP contribution < -0.4 is 15.3 Å². The van der Waals surface area contributed by atoms with Gasteiger partial charge in [0, 0.05) is 30.0 Å².